The Morgan fingerprint density at radius 3 is 2.61 bits per heavy atom. The minimum absolute atomic E-state index is 0.00595. The Kier molecular flexibility index (Phi) is 3.31. The first-order valence-electron chi connectivity index (χ1n) is 5.12. The van der Waals surface area contributed by atoms with Crippen LogP contribution in [0.1, 0.15) is 6.92 Å². The van der Waals surface area contributed by atoms with E-state index in [4.69, 9.17) is 0 Å². The highest BCUT2D eigenvalue weighted by molar-refractivity contribution is 7.79. The number of carbonyl (C=O) groups is 1. The summed E-state index contributed by atoms with van der Waals surface area (Å²) in [5.41, 5.74) is 0.203. The normalized spacial score (nSPS) is 12.3. The molecule has 94 valence electrons. The van der Waals surface area contributed by atoms with Crippen molar-refractivity contribution in [2.75, 3.05) is 5.32 Å². The molecule has 0 aliphatic carbocycles. The van der Waals surface area contributed by atoms with Crippen LogP contribution >= 0.6 is 0 Å². The predicted molar refractivity (Wildman–Crippen MR) is 67.1 cm³/mol. The molecule has 0 aliphatic rings. The van der Waals surface area contributed by atoms with E-state index in [2.05, 4.69) is 5.32 Å². The highest BCUT2D eigenvalue weighted by Gasteiger charge is 2.11. The van der Waals surface area contributed by atoms with Crippen LogP contribution in [0.3, 0.4) is 0 Å². The van der Waals surface area contributed by atoms with Crippen molar-refractivity contribution >= 4 is 33.4 Å². The highest BCUT2D eigenvalue weighted by atomic mass is 32.2. The lowest BCUT2D eigenvalue weighted by Crippen LogP contribution is -2.09. The number of fused-ring (bicyclic) bond motifs is 1. The van der Waals surface area contributed by atoms with Gasteiger partial charge in [0.25, 0.3) is 0 Å². The van der Waals surface area contributed by atoms with E-state index in [1.165, 1.54) is 19.1 Å². The lowest BCUT2D eigenvalue weighted by molar-refractivity contribution is -0.114. The number of aromatic hydroxyl groups is 1. The van der Waals surface area contributed by atoms with Gasteiger partial charge in [0.15, 0.2) is 0 Å². The molecule has 0 saturated heterocycles. The van der Waals surface area contributed by atoms with Crippen LogP contribution in [0.5, 0.6) is 5.75 Å². The smallest absolute Gasteiger partial charge is 0.221 e. The lowest BCUT2D eigenvalue weighted by Gasteiger charge is -2.15. The topological polar surface area (TPSA) is 89.5 Å². The van der Waals surface area contributed by atoms with Gasteiger partial charge < -0.3 is 15.0 Å². The molecular formula is C12H10NO4S-. The molecule has 0 bridgehead atoms. The summed E-state index contributed by atoms with van der Waals surface area (Å²) in [6, 6.07) is 7.61. The maximum absolute atomic E-state index is 11.3. The summed E-state index contributed by atoms with van der Waals surface area (Å²) in [6.45, 7) is 1.30. The fourth-order valence-electron chi connectivity index (χ4n) is 1.78. The molecule has 2 N–H and O–H groups in total. The predicted octanol–water partition coefficient (Wildman–Crippen LogP) is 1.74. The number of benzene rings is 2. The summed E-state index contributed by atoms with van der Waals surface area (Å²) in [5, 5.41) is 12.9. The molecule has 5 nitrogen and oxygen atoms in total. The number of anilines is 1. The minimum atomic E-state index is -2.52. The first-order chi connectivity index (χ1) is 8.50. The Morgan fingerprint density at radius 1 is 1.28 bits per heavy atom. The van der Waals surface area contributed by atoms with Gasteiger partial charge in [0.2, 0.25) is 5.91 Å². The van der Waals surface area contributed by atoms with Gasteiger partial charge in [0.05, 0.1) is 10.6 Å². The van der Waals surface area contributed by atoms with Gasteiger partial charge in [-0.2, -0.15) is 0 Å². The quantitative estimate of drug-likeness (QED) is 0.808. The van der Waals surface area contributed by atoms with Crippen molar-refractivity contribution in [2.45, 2.75) is 11.8 Å². The van der Waals surface area contributed by atoms with Crippen LogP contribution in [0.2, 0.25) is 0 Å². The Morgan fingerprint density at radius 2 is 2.00 bits per heavy atom. The van der Waals surface area contributed by atoms with Crippen molar-refractivity contribution in [3.8, 4) is 5.75 Å². The molecule has 2 rings (SSSR count). The molecule has 6 heteroatoms. The maximum Gasteiger partial charge on any atom is 0.221 e. The van der Waals surface area contributed by atoms with Crippen LogP contribution in [0.4, 0.5) is 5.69 Å². The molecule has 0 aliphatic heterocycles. The summed E-state index contributed by atoms with van der Waals surface area (Å²) in [5.74, 6) is -0.366. The number of amides is 1. The minimum Gasteiger partial charge on any atom is -0.768 e. The number of hydrogen-bond donors (Lipinski definition) is 2. The molecule has 2 aromatic rings. The zero-order valence-electron chi connectivity index (χ0n) is 9.47. The van der Waals surface area contributed by atoms with Gasteiger partial charge in [-0.3, -0.25) is 9.00 Å². The van der Waals surface area contributed by atoms with Crippen LogP contribution in [0.25, 0.3) is 10.8 Å². The number of rotatable bonds is 2. The molecule has 0 fully saturated rings. The summed E-state index contributed by atoms with van der Waals surface area (Å²) >= 11 is -2.52. The first-order valence-corrected chi connectivity index (χ1v) is 6.19. The van der Waals surface area contributed by atoms with Crippen LogP contribution in [0, 0.1) is 0 Å². The van der Waals surface area contributed by atoms with E-state index >= 15 is 0 Å². The van der Waals surface area contributed by atoms with E-state index in [-0.39, 0.29) is 22.2 Å². The van der Waals surface area contributed by atoms with Gasteiger partial charge >= 0.3 is 0 Å². The van der Waals surface area contributed by atoms with Crippen molar-refractivity contribution in [2.24, 2.45) is 0 Å². The van der Waals surface area contributed by atoms with E-state index in [1.807, 2.05) is 0 Å². The molecule has 0 spiro atoms. The summed E-state index contributed by atoms with van der Waals surface area (Å²) in [6.07, 6.45) is 0. The number of hydrogen-bond acceptors (Lipinski definition) is 4. The van der Waals surface area contributed by atoms with E-state index in [9.17, 15) is 18.7 Å². The highest BCUT2D eigenvalue weighted by Crippen LogP contribution is 2.33. The first kappa shape index (κ1) is 12.5. The van der Waals surface area contributed by atoms with E-state index in [1.54, 1.807) is 18.2 Å². The number of phenolic OH excluding ortho intramolecular Hbond substituents is 1. The second-order valence-corrected chi connectivity index (χ2v) is 4.61. The molecule has 1 atom stereocenters. The third-order valence-corrected chi connectivity index (χ3v) is 3.24. The largest absolute Gasteiger partial charge is 0.768 e. The van der Waals surface area contributed by atoms with E-state index < -0.39 is 11.1 Å². The fraction of sp³-hybridized carbons (Fsp3) is 0.0833. The molecule has 0 radical (unpaired) electrons. The average Bonchev–Trinajstić information content (AvgIpc) is 2.27. The van der Waals surface area contributed by atoms with Crippen molar-refractivity contribution < 1.29 is 18.7 Å². The third kappa shape index (κ3) is 2.20. The number of nitrogens with one attached hydrogen (secondary N) is 1. The number of phenols is 1. The van der Waals surface area contributed by atoms with Crippen LogP contribution in [-0.4, -0.2) is 19.8 Å². The molecule has 1 amide bonds. The molecule has 0 saturated carbocycles. The van der Waals surface area contributed by atoms with E-state index in [0.29, 0.717) is 10.8 Å². The summed E-state index contributed by atoms with van der Waals surface area (Å²) < 4.78 is 22.6. The Balaban J connectivity index is 2.78. The second-order valence-electron chi connectivity index (χ2n) is 3.73. The molecule has 1 unspecified atom stereocenters. The summed E-state index contributed by atoms with van der Waals surface area (Å²) in [4.78, 5) is 11.0. The number of carbonyl (C=O) groups excluding carboxylic acids is 1. The van der Waals surface area contributed by atoms with E-state index in [0.717, 1.165) is 0 Å². The summed E-state index contributed by atoms with van der Waals surface area (Å²) in [7, 11) is 0. The standard InChI is InChI=1S/C12H11NO4S/c1-7(14)13-10-6-5-8-9(12(10)18(16)17)3-2-4-11(8)15/h2-6,15H,1H3,(H,13,14)(H,16,17)/p-1. The fourth-order valence-corrected chi connectivity index (χ4v) is 2.44. The molecule has 18 heavy (non-hydrogen) atoms. The average molecular weight is 264 g/mol. The monoisotopic (exact) mass is 264 g/mol. The maximum atomic E-state index is 11.3. The molecule has 0 aromatic heterocycles. The zero-order chi connectivity index (χ0) is 13.3. The molecule has 2 aromatic carbocycles. The van der Waals surface area contributed by atoms with Crippen molar-refractivity contribution in [1.29, 1.82) is 0 Å². The van der Waals surface area contributed by atoms with Gasteiger partial charge in [-0.05, 0) is 29.3 Å². The second kappa shape index (κ2) is 4.75. The van der Waals surface area contributed by atoms with Gasteiger partial charge in [-0.25, -0.2) is 0 Å². The SMILES string of the molecule is CC(=O)Nc1ccc2c(O)cccc2c1S(=O)[O-]. The Bertz CT molecular complexity index is 654. The third-order valence-electron chi connectivity index (χ3n) is 2.47. The Hall–Kier alpha value is -1.92. The van der Waals surface area contributed by atoms with Gasteiger partial charge in [-0.15, -0.1) is 0 Å². The van der Waals surface area contributed by atoms with Crippen LogP contribution in [0.15, 0.2) is 35.2 Å². The molecular weight excluding hydrogens is 254 g/mol. The lowest BCUT2D eigenvalue weighted by atomic mass is 10.1. The molecule has 0 heterocycles. The van der Waals surface area contributed by atoms with Crippen LogP contribution in [-0.2, 0) is 15.9 Å². The van der Waals surface area contributed by atoms with Crippen molar-refractivity contribution in [1.82, 2.24) is 0 Å². The zero-order valence-corrected chi connectivity index (χ0v) is 10.3. The van der Waals surface area contributed by atoms with Gasteiger partial charge in [0, 0.05) is 17.7 Å². The van der Waals surface area contributed by atoms with Gasteiger partial charge in [0.1, 0.15) is 5.75 Å². The van der Waals surface area contributed by atoms with Crippen molar-refractivity contribution in [3.05, 3.63) is 30.3 Å². The van der Waals surface area contributed by atoms with Crippen LogP contribution < -0.4 is 5.32 Å². The Labute approximate surface area is 106 Å². The van der Waals surface area contributed by atoms with Crippen molar-refractivity contribution in [3.63, 3.8) is 0 Å². The van der Waals surface area contributed by atoms with Gasteiger partial charge in [-0.1, -0.05) is 12.1 Å².